The average molecular weight is 358 g/mol. The van der Waals surface area contributed by atoms with Gasteiger partial charge in [-0.3, -0.25) is 0 Å². The highest BCUT2D eigenvalue weighted by atomic mass is 16.5. The van der Waals surface area contributed by atoms with Gasteiger partial charge in [-0.25, -0.2) is 9.50 Å². The fraction of sp³-hybridized carbons (Fsp3) is 0.700. The molecule has 2 aromatic rings. The SMILES string of the molecule is CC(C)(C)c1cc2c(N3CCC[C@H](NC4CCOCC4)C3)nccn2n1. The molecule has 0 bridgehead atoms. The number of nitrogens with zero attached hydrogens (tertiary/aromatic N) is 4. The molecule has 0 radical (unpaired) electrons. The van der Waals surface area contributed by atoms with Crippen LogP contribution in [0.15, 0.2) is 18.5 Å². The van der Waals surface area contributed by atoms with E-state index in [0.717, 1.165) is 56.2 Å². The van der Waals surface area contributed by atoms with Gasteiger partial charge < -0.3 is 15.0 Å². The summed E-state index contributed by atoms with van der Waals surface area (Å²) in [5.41, 5.74) is 2.27. The van der Waals surface area contributed by atoms with Crippen LogP contribution in [0.5, 0.6) is 0 Å². The second-order valence-electron chi connectivity index (χ2n) is 8.70. The molecule has 0 aliphatic carbocycles. The smallest absolute Gasteiger partial charge is 0.154 e. The molecular weight excluding hydrogens is 326 g/mol. The molecule has 142 valence electrons. The minimum absolute atomic E-state index is 0.0400. The van der Waals surface area contributed by atoms with Crippen molar-refractivity contribution in [3.63, 3.8) is 0 Å². The number of aromatic nitrogens is 3. The van der Waals surface area contributed by atoms with E-state index in [1.54, 1.807) is 0 Å². The molecule has 2 saturated heterocycles. The number of fused-ring (bicyclic) bond motifs is 1. The summed E-state index contributed by atoms with van der Waals surface area (Å²) in [6.45, 7) is 10.5. The Morgan fingerprint density at radius 3 is 2.73 bits per heavy atom. The van der Waals surface area contributed by atoms with Crippen molar-refractivity contribution in [2.45, 2.75) is 64.0 Å². The van der Waals surface area contributed by atoms with E-state index >= 15 is 0 Å². The predicted octanol–water partition coefficient (Wildman–Crippen LogP) is 2.76. The number of piperidine rings is 1. The zero-order valence-corrected chi connectivity index (χ0v) is 16.2. The summed E-state index contributed by atoms with van der Waals surface area (Å²) in [7, 11) is 0. The summed E-state index contributed by atoms with van der Waals surface area (Å²) in [6, 6.07) is 3.33. The lowest BCUT2D eigenvalue weighted by Gasteiger charge is -2.37. The fourth-order valence-corrected chi connectivity index (χ4v) is 4.02. The number of ether oxygens (including phenoxy) is 1. The lowest BCUT2D eigenvalue weighted by molar-refractivity contribution is 0.0742. The van der Waals surface area contributed by atoms with E-state index in [-0.39, 0.29) is 5.41 Å². The van der Waals surface area contributed by atoms with Gasteiger partial charge in [-0.2, -0.15) is 5.10 Å². The third kappa shape index (κ3) is 3.71. The second-order valence-corrected chi connectivity index (χ2v) is 8.70. The van der Waals surface area contributed by atoms with Crippen molar-refractivity contribution in [1.29, 1.82) is 0 Å². The Morgan fingerprint density at radius 2 is 1.96 bits per heavy atom. The van der Waals surface area contributed by atoms with Crippen LogP contribution in [0.3, 0.4) is 0 Å². The largest absolute Gasteiger partial charge is 0.381 e. The Hall–Kier alpha value is -1.66. The summed E-state index contributed by atoms with van der Waals surface area (Å²) in [5.74, 6) is 1.06. The maximum atomic E-state index is 5.49. The van der Waals surface area contributed by atoms with Gasteiger partial charge in [-0.15, -0.1) is 0 Å². The van der Waals surface area contributed by atoms with Crippen LogP contribution >= 0.6 is 0 Å². The quantitative estimate of drug-likeness (QED) is 0.915. The number of rotatable bonds is 3. The molecule has 0 spiro atoms. The fourth-order valence-electron chi connectivity index (χ4n) is 4.02. The van der Waals surface area contributed by atoms with Crippen molar-refractivity contribution >= 4 is 11.3 Å². The topological polar surface area (TPSA) is 54.7 Å². The average Bonchev–Trinajstić information content (AvgIpc) is 3.07. The van der Waals surface area contributed by atoms with Crippen molar-refractivity contribution in [3.8, 4) is 0 Å². The van der Waals surface area contributed by atoms with Crippen molar-refractivity contribution in [3.05, 3.63) is 24.2 Å². The zero-order valence-electron chi connectivity index (χ0n) is 16.2. The maximum Gasteiger partial charge on any atom is 0.154 e. The van der Waals surface area contributed by atoms with Crippen LogP contribution in [-0.2, 0) is 10.2 Å². The third-order valence-corrected chi connectivity index (χ3v) is 5.55. The molecule has 2 aliphatic rings. The molecular formula is C20H31N5O. The Labute approximate surface area is 155 Å². The van der Waals surface area contributed by atoms with Gasteiger partial charge in [0.1, 0.15) is 5.52 Å². The Balaban J connectivity index is 1.53. The summed E-state index contributed by atoms with van der Waals surface area (Å²) in [4.78, 5) is 7.16. The van der Waals surface area contributed by atoms with Crippen LogP contribution < -0.4 is 10.2 Å². The number of nitrogens with one attached hydrogen (secondary N) is 1. The van der Waals surface area contributed by atoms with E-state index in [1.165, 1.54) is 12.8 Å². The van der Waals surface area contributed by atoms with Gasteiger partial charge in [0.2, 0.25) is 0 Å². The summed E-state index contributed by atoms with van der Waals surface area (Å²) in [5, 5.41) is 8.64. The summed E-state index contributed by atoms with van der Waals surface area (Å²) < 4.78 is 7.47. The molecule has 0 saturated carbocycles. The van der Waals surface area contributed by atoms with Crippen molar-refractivity contribution in [2.75, 3.05) is 31.2 Å². The first-order chi connectivity index (χ1) is 12.5. The van der Waals surface area contributed by atoms with E-state index in [9.17, 15) is 0 Å². The molecule has 2 aliphatic heterocycles. The summed E-state index contributed by atoms with van der Waals surface area (Å²) in [6.07, 6.45) is 8.52. The molecule has 26 heavy (non-hydrogen) atoms. The monoisotopic (exact) mass is 357 g/mol. The molecule has 1 atom stereocenters. The first-order valence-corrected chi connectivity index (χ1v) is 9.94. The third-order valence-electron chi connectivity index (χ3n) is 5.55. The molecule has 0 amide bonds. The van der Waals surface area contributed by atoms with Crippen molar-refractivity contribution in [1.82, 2.24) is 19.9 Å². The van der Waals surface area contributed by atoms with Crippen LogP contribution in [-0.4, -0.2) is 53.0 Å². The normalized spacial score (nSPS) is 22.9. The van der Waals surface area contributed by atoms with E-state index in [2.05, 4.69) is 37.1 Å². The molecule has 4 heterocycles. The Morgan fingerprint density at radius 1 is 1.15 bits per heavy atom. The van der Waals surface area contributed by atoms with Crippen molar-refractivity contribution < 1.29 is 4.74 Å². The minimum Gasteiger partial charge on any atom is -0.381 e. The van der Waals surface area contributed by atoms with Gasteiger partial charge in [-0.1, -0.05) is 20.8 Å². The molecule has 0 unspecified atom stereocenters. The predicted molar refractivity (Wildman–Crippen MR) is 104 cm³/mol. The molecule has 2 fully saturated rings. The molecule has 6 heteroatoms. The molecule has 2 aromatic heterocycles. The summed E-state index contributed by atoms with van der Waals surface area (Å²) >= 11 is 0. The van der Waals surface area contributed by atoms with E-state index in [1.807, 2.05) is 16.9 Å². The standard InChI is InChI=1S/C20H31N5O/c1-20(2,3)18-13-17-19(21-8-10-25(17)23-18)24-9-4-5-16(14-24)22-15-6-11-26-12-7-15/h8,10,13,15-16,22H,4-7,9,11-12,14H2,1-3H3/t16-/m0/s1. The van der Waals surface area contributed by atoms with Crippen LogP contribution in [0.25, 0.3) is 5.52 Å². The first-order valence-electron chi connectivity index (χ1n) is 9.94. The number of hydrogen-bond donors (Lipinski definition) is 1. The Bertz CT molecular complexity index is 744. The molecule has 1 N–H and O–H groups in total. The lowest BCUT2D eigenvalue weighted by atomic mass is 9.92. The lowest BCUT2D eigenvalue weighted by Crippen LogP contribution is -2.50. The number of anilines is 1. The molecule has 0 aromatic carbocycles. The van der Waals surface area contributed by atoms with Crippen LogP contribution in [0.4, 0.5) is 5.82 Å². The Kier molecular flexibility index (Phi) is 4.88. The second kappa shape index (κ2) is 7.16. The number of hydrogen-bond acceptors (Lipinski definition) is 5. The van der Waals surface area contributed by atoms with Crippen LogP contribution in [0.1, 0.15) is 52.1 Å². The van der Waals surface area contributed by atoms with Crippen molar-refractivity contribution in [2.24, 2.45) is 0 Å². The van der Waals surface area contributed by atoms with Gasteiger partial charge in [0, 0.05) is 56.2 Å². The molecule has 6 nitrogen and oxygen atoms in total. The first kappa shape index (κ1) is 17.7. The van der Waals surface area contributed by atoms with E-state index in [4.69, 9.17) is 14.8 Å². The van der Waals surface area contributed by atoms with Crippen LogP contribution in [0.2, 0.25) is 0 Å². The van der Waals surface area contributed by atoms with Gasteiger partial charge in [0.25, 0.3) is 0 Å². The van der Waals surface area contributed by atoms with E-state index < -0.39 is 0 Å². The van der Waals surface area contributed by atoms with Gasteiger partial charge in [0.05, 0.1) is 5.69 Å². The highest BCUT2D eigenvalue weighted by Crippen LogP contribution is 2.28. The zero-order chi connectivity index (χ0) is 18.1. The van der Waals surface area contributed by atoms with Gasteiger partial charge in [0.15, 0.2) is 5.82 Å². The highest BCUT2D eigenvalue weighted by molar-refractivity contribution is 5.69. The maximum absolute atomic E-state index is 5.49. The van der Waals surface area contributed by atoms with E-state index in [0.29, 0.717) is 12.1 Å². The van der Waals surface area contributed by atoms with Crippen LogP contribution in [0, 0.1) is 0 Å². The van der Waals surface area contributed by atoms with Gasteiger partial charge in [-0.05, 0) is 31.7 Å². The minimum atomic E-state index is 0.0400. The highest BCUT2D eigenvalue weighted by Gasteiger charge is 2.26. The van der Waals surface area contributed by atoms with Gasteiger partial charge >= 0.3 is 0 Å². The molecule has 4 rings (SSSR count).